The maximum Gasteiger partial charge on any atom is 0.163 e. The fourth-order valence-corrected chi connectivity index (χ4v) is 1.34. The molecule has 15 heavy (non-hydrogen) atoms. The van der Waals surface area contributed by atoms with Gasteiger partial charge in [0.05, 0.1) is 17.5 Å². The third kappa shape index (κ3) is 3.29. The van der Waals surface area contributed by atoms with Crippen molar-refractivity contribution >= 4 is 34.7 Å². The van der Waals surface area contributed by atoms with Crippen LogP contribution in [0.25, 0.3) is 0 Å². The Balaban J connectivity index is 3.11. The second-order valence-electron chi connectivity index (χ2n) is 2.76. The lowest BCUT2D eigenvalue weighted by molar-refractivity contribution is 0.341. The Morgan fingerprint density at radius 3 is 2.87 bits per heavy atom. The summed E-state index contributed by atoms with van der Waals surface area (Å²) in [5.41, 5.74) is 6.14. The molecule has 1 rings (SSSR count). The molecule has 0 bridgehead atoms. The number of hydrogen-bond acceptors (Lipinski definition) is 2. The van der Waals surface area contributed by atoms with Gasteiger partial charge < -0.3 is 10.5 Å². The number of halogens is 2. The number of nitrogens with zero attached hydrogens (tertiary/aromatic N) is 1. The highest BCUT2D eigenvalue weighted by atomic mass is 35.5. The van der Waals surface area contributed by atoms with Crippen LogP contribution in [0.3, 0.4) is 0 Å². The minimum Gasteiger partial charge on any atom is -0.490 e. The van der Waals surface area contributed by atoms with Gasteiger partial charge in [0.1, 0.15) is 11.5 Å². The van der Waals surface area contributed by atoms with E-state index < -0.39 is 0 Å². The van der Waals surface area contributed by atoms with Gasteiger partial charge in [0.25, 0.3) is 0 Å². The predicted molar refractivity (Wildman–Crippen MR) is 64.6 cm³/mol. The van der Waals surface area contributed by atoms with Gasteiger partial charge >= 0.3 is 0 Å². The Morgan fingerprint density at radius 1 is 1.53 bits per heavy atom. The fourth-order valence-electron chi connectivity index (χ4n) is 1.06. The van der Waals surface area contributed by atoms with E-state index in [1.165, 1.54) is 0 Å². The summed E-state index contributed by atoms with van der Waals surface area (Å²) in [5, 5.41) is 0.514. The zero-order valence-electron chi connectivity index (χ0n) is 8.34. The van der Waals surface area contributed by atoms with E-state index in [-0.39, 0.29) is 5.88 Å². The summed E-state index contributed by atoms with van der Waals surface area (Å²) in [6.45, 7) is 2.40. The van der Waals surface area contributed by atoms with Crippen LogP contribution >= 0.6 is 23.2 Å². The molecule has 2 N–H and O–H groups in total. The molecule has 1 aromatic rings. The van der Waals surface area contributed by atoms with Gasteiger partial charge in [-0.05, 0) is 19.1 Å². The average molecular weight is 247 g/mol. The Hall–Kier alpha value is -0.930. The van der Waals surface area contributed by atoms with Crippen LogP contribution in [0.4, 0.5) is 5.69 Å². The third-order valence-corrected chi connectivity index (χ3v) is 2.21. The van der Waals surface area contributed by atoms with Crippen molar-refractivity contribution in [1.29, 1.82) is 0 Å². The molecule has 0 fully saturated rings. The second-order valence-corrected chi connectivity index (χ2v) is 3.43. The van der Waals surface area contributed by atoms with Crippen molar-refractivity contribution in [1.82, 2.24) is 0 Å². The smallest absolute Gasteiger partial charge is 0.163 e. The van der Waals surface area contributed by atoms with Gasteiger partial charge in [0, 0.05) is 0 Å². The van der Waals surface area contributed by atoms with Crippen LogP contribution in [0.2, 0.25) is 5.02 Å². The molecule has 0 atom stereocenters. The first-order valence-corrected chi connectivity index (χ1v) is 5.40. The highest BCUT2D eigenvalue weighted by molar-refractivity contribution is 6.32. The first kappa shape index (κ1) is 12.1. The van der Waals surface area contributed by atoms with Crippen molar-refractivity contribution < 1.29 is 4.74 Å². The molecule has 0 saturated heterocycles. The van der Waals surface area contributed by atoms with E-state index in [4.69, 9.17) is 33.7 Å². The van der Waals surface area contributed by atoms with E-state index in [0.29, 0.717) is 28.9 Å². The molecule has 0 aromatic heterocycles. The molecule has 0 aliphatic rings. The molecule has 0 aliphatic heterocycles. The van der Waals surface area contributed by atoms with Crippen LogP contribution in [0, 0.1) is 0 Å². The predicted octanol–water partition coefficient (Wildman–Crippen LogP) is 2.97. The van der Waals surface area contributed by atoms with E-state index in [2.05, 4.69) is 4.99 Å². The van der Waals surface area contributed by atoms with Gasteiger partial charge in [0.2, 0.25) is 0 Å². The van der Waals surface area contributed by atoms with Gasteiger partial charge in [0.15, 0.2) is 5.75 Å². The summed E-state index contributed by atoms with van der Waals surface area (Å²) < 4.78 is 5.38. The Morgan fingerprint density at radius 2 is 2.27 bits per heavy atom. The Labute approximate surface area is 98.8 Å². The molecule has 0 spiro atoms. The number of alkyl halides is 1. The van der Waals surface area contributed by atoms with Crippen molar-refractivity contribution in [3.8, 4) is 5.75 Å². The summed E-state index contributed by atoms with van der Waals surface area (Å²) in [4.78, 5) is 4.11. The summed E-state index contributed by atoms with van der Waals surface area (Å²) in [6.07, 6.45) is 0. The number of hydrogen-bond donors (Lipinski definition) is 1. The number of ether oxygens (including phenoxy) is 1. The van der Waals surface area contributed by atoms with Crippen molar-refractivity contribution in [2.24, 2.45) is 10.7 Å². The maximum atomic E-state index is 5.97. The number of aliphatic imine (C=N–C) groups is 1. The molecule has 5 heteroatoms. The molecular formula is C10H12Cl2N2O. The first-order valence-electron chi connectivity index (χ1n) is 4.49. The number of benzene rings is 1. The van der Waals surface area contributed by atoms with E-state index in [9.17, 15) is 0 Å². The average Bonchev–Trinajstić information content (AvgIpc) is 2.23. The van der Waals surface area contributed by atoms with E-state index in [0.717, 1.165) is 0 Å². The third-order valence-electron chi connectivity index (χ3n) is 1.64. The van der Waals surface area contributed by atoms with E-state index in [1.54, 1.807) is 18.2 Å². The van der Waals surface area contributed by atoms with Crippen LogP contribution in [0.5, 0.6) is 5.75 Å². The minimum atomic E-state index is 0.179. The fraction of sp³-hybridized carbons (Fsp3) is 0.300. The van der Waals surface area contributed by atoms with Gasteiger partial charge in [-0.15, -0.1) is 11.6 Å². The molecule has 0 saturated carbocycles. The molecule has 0 heterocycles. The summed E-state index contributed by atoms with van der Waals surface area (Å²) in [6, 6.07) is 5.30. The van der Waals surface area contributed by atoms with Crippen LogP contribution in [0.1, 0.15) is 6.92 Å². The highest BCUT2D eigenvalue weighted by Crippen LogP contribution is 2.34. The summed E-state index contributed by atoms with van der Waals surface area (Å²) in [7, 11) is 0. The highest BCUT2D eigenvalue weighted by Gasteiger charge is 2.07. The van der Waals surface area contributed by atoms with Crippen LogP contribution < -0.4 is 10.5 Å². The van der Waals surface area contributed by atoms with Crippen LogP contribution in [0.15, 0.2) is 23.2 Å². The zero-order chi connectivity index (χ0) is 11.3. The SMILES string of the molecule is CCOc1c(Cl)cccc1N=C(N)CCl. The molecular weight excluding hydrogens is 235 g/mol. The van der Waals surface area contributed by atoms with Gasteiger partial charge in [-0.25, -0.2) is 4.99 Å². The van der Waals surface area contributed by atoms with E-state index >= 15 is 0 Å². The monoisotopic (exact) mass is 246 g/mol. The van der Waals surface area contributed by atoms with Crippen LogP contribution in [-0.4, -0.2) is 18.3 Å². The molecule has 82 valence electrons. The summed E-state index contributed by atoms with van der Waals surface area (Å²) in [5.74, 6) is 1.05. The largest absolute Gasteiger partial charge is 0.490 e. The van der Waals surface area contributed by atoms with Gasteiger partial charge in [-0.2, -0.15) is 0 Å². The maximum absolute atomic E-state index is 5.97. The molecule has 0 radical (unpaired) electrons. The lowest BCUT2D eigenvalue weighted by atomic mass is 10.3. The van der Waals surface area contributed by atoms with Crippen LogP contribution in [-0.2, 0) is 0 Å². The van der Waals surface area contributed by atoms with Crippen molar-refractivity contribution in [3.05, 3.63) is 23.2 Å². The van der Waals surface area contributed by atoms with Gasteiger partial charge in [-0.3, -0.25) is 0 Å². The van der Waals surface area contributed by atoms with Crippen molar-refractivity contribution in [2.45, 2.75) is 6.92 Å². The second kappa shape index (κ2) is 5.83. The summed E-state index contributed by atoms with van der Waals surface area (Å²) >= 11 is 11.5. The van der Waals surface area contributed by atoms with E-state index in [1.807, 2.05) is 6.92 Å². The lowest BCUT2D eigenvalue weighted by Crippen LogP contribution is -2.12. The van der Waals surface area contributed by atoms with Gasteiger partial charge in [-0.1, -0.05) is 17.7 Å². The standard InChI is InChI=1S/C10H12Cl2N2O/c1-2-15-10-7(12)4-3-5-8(10)14-9(13)6-11/h3-5H,2,6H2,1H3,(H2,13,14). The Kier molecular flexibility index (Phi) is 4.72. The lowest BCUT2D eigenvalue weighted by Gasteiger charge is -2.08. The molecule has 0 amide bonds. The molecule has 1 aromatic carbocycles. The Bertz CT molecular complexity index is 366. The molecule has 3 nitrogen and oxygen atoms in total. The first-order chi connectivity index (χ1) is 7.19. The topological polar surface area (TPSA) is 47.6 Å². The molecule has 0 aliphatic carbocycles. The normalized spacial score (nSPS) is 11.5. The number of amidine groups is 1. The zero-order valence-corrected chi connectivity index (χ0v) is 9.85. The number of nitrogens with two attached hydrogens (primary N) is 1. The van der Waals surface area contributed by atoms with Crippen molar-refractivity contribution in [2.75, 3.05) is 12.5 Å². The number of para-hydroxylation sites is 1. The quantitative estimate of drug-likeness (QED) is 0.505. The van der Waals surface area contributed by atoms with Crippen molar-refractivity contribution in [3.63, 3.8) is 0 Å². The number of rotatable bonds is 4. The minimum absolute atomic E-state index is 0.179. The molecule has 0 unspecified atom stereocenters.